The van der Waals surface area contributed by atoms with Gasteiger partial charge in [-0.05, 0) is 35.2 Å². The van der Waals surface area contributed by atoms with Crippen molar-refractivity contribution in [2.24, 2.45) is 0 Å². The third kappa shape index (κ3) is 1.99. The van der Waals surface area contributed by atoms with Gasteiger partial charge in [0.25, 0.3) is 0 Å². The van der Waals surface area contributed by atoms with Crippen LogP contribution in [0, 0.1) is 0 Å². The molecule has 2 heteroatoms. The Hall–Kier alpha value is -2.35. The Morgan fingerprint density at radius 1 is 1.10 bits per heavy atom. The lowest BCUT2D eigenvalue weighted by molar-refractivity contribution is 0.684. The number of hydrogen-bond acceptors (Lipinski definition) is 1. The number of hydrogen-bond donors (Lipinski definition) is 0. The van der Waals surface area contributed by atoms with Crippen LogP contribution in [0.5, 0.6) is 0 Å². The SMILES string of the molecule is CCCn1ccc(-c2ccnc3c2-c2ccccc2C3)c1. The Labute approximate surface area is 125 Å². The fraction of sp³-hybridized carbons (Fsp3) is 0.211. The fourth-order valence-electron chi connectivity index (χ4n) is 3.28. The minimum Gasteiger partial charge on any atom is -0.354 e. The minimum absolute atomic E-state index is 0.953. The molecule has 0 amide bonds. The smallest absolute Gasteiger partial charge is 0.0532 e. The lowest BCUT2D eigenvalue weighted by atomic mass is 9.98. The Morgan fingerprint density at radius 3 is 2.90 bits per heavy atom. The summed E-state index contributed by atoms with van der Waals surface area (Å²) in [6.07, 6.45) is 8.48. The molecular weight excluding hydrogens is 256 g/mol. The summed E-state index contributed by atoms with van der Waals surface area (Å²) in [6.45, 7) is 3.28. The highest BCUT2D eigenvalue weighted by Gasteiger charge is 2.22. The molecule has 0 fully saturated rings. The van der Waals surface area contributed by atoms with E-state index in [1.54, 1.807) is 0 Å². The largest absolute Gasteiger partial charge is 0.354 e. The minimum atomic E-state index is 0.953. The van der Waals surface area contributed by atoms with Crippen molar-refractivity contribution in [2.45, 2.75) is 26.3 Å². The fourth-order valence-corrected chi connectivity index (χ4v) is 3.28. The molecule has 3 aromatic rings. The molecule has 104 valence electrons. The Bertz CT molecular complexity index is 799. The Morgan fingerprint density at radius 2 is 2.00 bits per heavy atom. The molecule has 0 aliphatic heterocycles. The number of aromatic nitrogens is 2. The van der Waals surface area contributed by atoms with Gasteiger partial charge in [-0.15, -0.1) is 0 Å². The van der Waals surface area contributed by atoms with Gasteiger partial charge in [-0.2, -0.15) is 0 Å². The molecule has 1 aliphatic carbocycles. The van der Waals surface area contributed by atoms with Crippen LogP contribution in [0.1, 0.15) is 24.6 Å². The molecule has 0 atom stereocenters. The number of benzene rings is 1. The maximum atomic E-state index is 4.60. The summed E-state index contributed by atoms with van der Waals surface area (Å²) in [5.74, 6) is 0. The van der Waals surface area contributed by atoms with Gasteiger partial charge in [0.15, 0.2) is 0 Å². The highest BCUT2D eigenvalue weighted by Crippen LogP contribution is 2.41. The predicted octanol–water partition coefficient (Wildman–Crippen LogP) is 4.53. The maximum absolute atomic E-state index is 4.60. The standard InChI is InChI=1S/C19H18N2/c1-2-10-21-11-8-15(13-21)17-7-9-20-18-12-14-5-3-4-6-16(14)19(17)18/h3-9,11,13H,2,10,12H2,1H3. The molecule has 0 saturated heterocycles. The van der Waals surface area contributed by atoms with Crippen LogP contribution in [0.2, 0.25) is 0 Å². The molecular formula is C19H18N2. The van der Waals surface area contributed by atoms with Crippen molar-refractivity contribution in [3.63, 3.8) is 0 Å². The first kappa shape index (κ1) is 12.4. The van der Waals surface area contributed by atoms with E-state index in [1.165, 1.54) is 33.5 Å². The van der Waals surface area contributed by atoms with E-state index in [-0.39, 0.29) is 0 Å². The zero-order valence-electron chi connectivity index (χ0n) is 12.2. The van der Waals surface area contributed by atoms with E-state index < -0.39 is 0 Å². The van der Waals surface area contributed by atoms with Crippen LogP contribution >= 0.6 is 0 Å². The average Bonchev–Trinajstić information content (AvgIpc) is 3.11. The summed E-state index contributed by atoms with van der Waals surface area (Å²) >= 11 is 0. The molecule has 21 heavy (non-hydrogen) atoms. The first-order valence-corrected chi connectivity index (χ1v) is 7.59. The molecule has 1 aromatic carbocycles. The number of aryl methyl sites for hydroxylation is 1. The molecule has 0 spiro atoms. The number of nitrogens with zero attached hydrogens (tertiary/aromatic N) is 2. The number of pyridine rings is 1. The molecule has 0 bridgehead atoms. The van der Waals surface area contributed by atoms with Gasteiger partial charge in [-0.3, -0.25) is 4.98 Å². The molecule has 2 nitrogen and oxygen atoms in total. The van der Waals surface area contributed by atoms with Gasteiger partial charge in [0.05, 0.1) is 5.69 Å². The zero-order valence-corrected chi connectivity index (χ0v) is 12.2. The first-order valence-electron chi connectivity index (χ1n) is 7.59. The highest BCUT2D eigenvalue weighted by molar-refractivity contribution is 5.89. The Balaban J connectivity index is 1.87. The van der Waals surface area contributed by atoms with E-state index in [2.05, 4.69) is 65.3 Å². The van der Waals surface area contributed by atoms with Crippen molar-refractivity contribution < 1.29 is 0 Å². The third-order valence-electron chi connectivity index (χ3n) is 4.22. The third-order valence-corrected chi connectivity index (χ3v) is 4.22. The van der Waals surface area contributed by atoms with Crippen molar-refractivity contribution in [1.29, 1.82) is 0 Å². The summed E-state index contributed by atoms with van der Waals surface area (Å²) in [7, 11) is 0. The second kappa shape index (κ2) is 4.88. The molecule has 2 heterocycles. The van der Waals surface area contributed by atoms with Gasteiger partial charge in [0.1, 0.15) is 0 Å². The van der Waals surface area contributed by atoms with Crippen LogP contribution in [-0.4, -0.2) is 9.55 Å². The molecule has 1 aliphatic rings. The van der Waals surface area contributed by atoms with Crippen molar-refractivity contribution in [3.8, 4) is 22.3 Å². The second-order valence-electron chi connectivity index (χ2n) is 5.65. The van der Waals surface area contributed by atoms with Crippen molar-refractivity contribution in [2.75, 3.05) is 0 Å². The van der Waals surface area contributed by atoms with Crippen LogP contribution in [0.4, 0.5) is 0 Å². The summed E-state index contributed by atoms with van der Waals surface area (Å²) in [4.78, 5) is 4.60. The normalized spacial score (nSPS) is 12.2. The quantitative estimate of drug-likeness (QED) is 0.536. The number of fused-ring (bicyclic) bond motifs is 3. The Kier molecular flexibility index (Phi) is 2.88. The summed E-state index contributed by atoms with van der Waals surface area (Å²) in [6, 6.07) is 13.0. The second-order valence-corrected chi connectivity index (χ2v) is 5.65. The van der Waals surface area contributed by atoms with Crippen LogP contribution in [0.15, 0.2) is 55.0 Å². The van der Waals surface area contributed by atoms with Gasteiger partial charge in [0, 0.05) is 42.7 Å². The predicted molar refractivity (Wildman–Crippen MR) is 86.2 cm³/mol. The molecule has 0 N–H and O–H groups in total. The van der Waals surface area contributed by atoms with E-state index in [9.17, 15) is 0 Å². The van der Waals surface area contributed by atoms with E-state index in [0.717, 1.165) is 19.4 Å². The molecule has 0 saturated carbocycles. The van der Waals surface area contributed by atoms with Crippen molar-refractivity contribution >= 4 is 0 Å². The van der Waals surface area contributed by atoms with Gasteiger partial charge >= 0.3 is 0 Å². The van der Waals surface area contributed by atoms with Gasteiger partial charge in [-0.1, -0.05) is 31.2 Å². The topological polar surface area (TPSA) is 17.8 Å². The number of rotatable bonds is 3. The van der Waals surface area contributed by atoms with Crippen LogP contribution in [-0.2, 0) is 13.0 Å². The summed E-state index contributed by atoms with van der Waals surface area (Å²) in [5, 5.41) is 0. The van der Waals surface area contributed by atoms with Crippen LogP contribution in [0.25, 0.3) is 22.3 Å². The van der Waals surface area contributed by atoms with Gasteiger partial charge < -0.3 is 4.57 Å². The summed E-state index contributed by atoms with van der Waals surface area (Å²) < 4.78 is 2.27. The zero-order chi connectivity index (χ0) is 14.2. The summed E-state index contributed by atoms with van der Waals surface area (Å²) in [5.41, 5.74) is 7.86. The maximum Gasteiger partial charge on any atom is 0.0532 e. The monoisotopic (exact) mass is 274 g/mol. The van der Waals surface area contributed by atoms with Crippen molar-refractivity contribution in [1.82, 2.24) is 9.55 Å². The van der Waals surface area contributed by atoms with Crippen LogP contribution < -0.4 is 0 Å². The lowest BCUT2D eigenvalue weighted by Gasteiger charge is -2.07. The van der Waals surface area contributed by atoms with E-state index in [1.807, 2.05) is 6.20 Å². The van der Waals surface area contributed by atoms with Crippen LogP contribution in [0.3, 0.4) is 0 Å². The molecule has 0 radical (unpaired) electrons. The van der Waals surface area contributed by atoms with E-state index >= 15 is 0 Å². The van der Waals surface area contributed by atoms with Gasteiger partial charge in [0.2, 0.25) is 0 Å². The molecule has 2 aromatic heterocycles. The first-order chi connectivity index (χ1) is 10.4. The van der Waals surface area contributed by atoms with E-state index in [4.69, 9.17) is 0 Å². The van der Waals surface area contributed by atoms with Gasteiger partial charge in [-0.25, -0.2) is 0 Å². The molecule has 0 unspecified atom stereocenters. The molecule has 4 rings (SSSR count). The average molecular weight is 274 g/mol. The lowest BCUT2D eigenvalue weighted by Crippen LogP contribution is -1.91. The highest BCUT2D eigenvalue weighted by atomic mass is 14.9. The van der Waals surface area contributed by atoms with Crippen molar-refractivity contribution in [3.05, 3.63) is 66.2 Å². The van der Waals surface area contributed by atoms with E-state index in [0.29, 0.717) is 0 Å².